The molecule has 0 radical (unpaired) electrons. The van der Waals surface area contributed by atoms with Gasteiger partial charge in [0.05, 0.1) is 0 Å². The molecule has 2 aliphatic rings. The van der Waals surface area contributed by atoms with Crippen LogP contribution in [0.1, 0.15) is 51.4 Å². The molecule has 1 saturated carbocycles. The van der Waals surface area contributed by atoms with Crippen molar-refractivity contribution >= 4 is 0 Å². The van der Waals surface area contributed by atoms with Gasteiger partial charge in [0.15, 0.2) is 0 Å². The Labute approximate surface area is 99.2 Å². The van der Waals surface area contributed by atoms with Gasteiger partial charge in [0.2, 0.25) is 0 Å². The molecule has 1 aliphatic heterocycles. The lowest BCUT2D eigenvalue weighted by Crippen LogP contribution is -2.48. The lowest BCUT2D eigenvalue weighted by Gasteiger charge is -2.38. The van der Waals surface area contributed by atoms with E-state index in [9.17, 15) is 5.11 Å². The summed E-state index contributed by atoms with van der Waals surface area (Å²) >= 11 is 0. The highest BCUT2D eigenvalue weighted by molar-refractivity contribution is 4.84. The summed E-state index contributed by atoms with van der Waals surface area (Å²) in [6.45, 7) is 3.69. The molecule has 1 aliphatic carbocycles. The van der Waals surface area contributed by atoms with E-state index in [4.69, 9.17) is 0 Å². The molecule has 0 amide bonds. The standard InChI is InChI=1S/C13H26N2O/c16-12-13(7-3-1-4-8-13)11-14-15-9-5-2-6-10-15/h14,16H,1-12H2. The van der Waals surface area contributed by atoms with Crippen molar-refractivity contribution in [3.63, 3.8) is 0 Å². The number of rotatable bonds is 4. The maximum Gasteiger partial charge on any atom is 0.0500 e. The van der Waals surface area contributed by atoms with Crippen LogP contribution < -0.4 is 5.43 Å². The molecule has 0 aromatic rings. The average molecular weight is 226 g/mol. The molecule has 0 aromatic carbocycles. The molecule has 3 heteroatoms. The highest BCUT2D eigenvalue weighted by Crippen LogP contribution is 2.35. The van der Waals surface area contributed by atoms with Crippen LogP contribution in [-0.2, 0) is 0 Å². The van der Waals surface area contributed by atoms with Crippen molar-refractivity contribution < 1.29 is 5.11 Å². The Balaban J connectivity index is 1.77. The molecule has 94 valence electrons. The van der Waals surface area contributed by atoms with Gasteiger partial charge in [0.25, 0.3) is 0 Å². The van der Waals surface area contributed by atoms with Crippen LogP contribution in [0.2, 0.25) is 0 Å². The van der Waals surface area contributed by atoms with E-state index in [2.05, 4.69) is 10.4 Å². The number of piperidine rings is 1. The summed E-state index contributed by atoms with van der Waals surface area (Å²) in [5.41, 5.74) is 3.73. The molecule has 3 nitrogen and oxygen atoms in total. The van der Waals surface area contributed by atoms with Gasteiger partial charge in [-0.1, -0.05) is 25.7 Å². The van der Waals surface area contributed by atoms with E-state index in [-0.39, 0.29) is 5.41 Å². The number of hydrogen-bond donors (Lipinski definition) is 2. The fourth-order valence-corrected chi connectivity index (χ4v) is 3.02. The third-order valence-electron chi connectivity index (χ3n) is 4.28. The maximum atomic E-state index is 9.61. The molecular weight excluding hydrogens is 200 g/mol. The topological polar surface area (TPSA) is 35.5 Å². The summed E-state index contributed by atoms with van der Waals surface area (Å²) in [6.07, 6.45) is 10.4. The predicted octanol–water partition coefficient (Wildman–Crippen LogP) is 1.92. The van der Waals surface area contributed by atoms with Crippen molar-refractivity contribution in [1.82, 2.24) is 10.4 Å². The molecular formula is C13H26N2O. The zero-order valence-corrected chi connectivity index (χ0v) is 10.4. The van der Waals surface area contributed by atoms with Crippen LogP contribution in [0.4, 0.5) is 0 Å². The van der Waals surface area contributed by atoms with Crippen molar-refractivity contribution in [1.29, 1.82) is 0 Å². The lowest BCUT2D eigenvalue weighted by atomic mass is 9.75. The molecule has 0 spiro atoms. The Morgan fingerprint density at radius 1 is 0.938 bits per heavy atom. The van der Waals surface area contributed by atoms with Crippen LogP contribution in [-0.4, -0.2) is 36.4 Å². The Kier molecular flexibility index (Phi) is 4.62. The molecule has 16 heavy (non-hydrogen) atoms. The molecule has 0 atom stereocenters. The Hall–Kier alpha value is -0.120. The first-order valence-electron chi connectivity index (χ1n) is 6.94. The van der Waals surface area contributed by atoms with E-state index in [1.54, 1.807) is 0 Å². The third-order valence-corrected chi connectivity index (χ3v) is 4.28. The smallest absolute Gasteiger partial charge is 0.0500 e. The molecule has 2 fully saturated rings. The molecule has 0 unspecified atom stereocenters. The van der Waals surface area contributed by atoms with E-state index in [1.807, 2.05) is 0 Å². The van der Waals surface area contributed by atoms with Crippen LogP contribution in [0.15, 0.2) is 0 Å². The Morgan fingerprint density at radius 3 is 2.19 bits per heavy atom. The van der Waals surface area contributed by atoms with Crippen LogP contribution in [0.5, 0.6) is 0 Å². The van der Waals surface area contributed by atoms with Crippen molar-refractivity contribution in [2.45, 2.75) is 51.4 Å². The van der Waals surface area contributed by atoms with Gasteiger partial charge >= 0.3 is 0 Å². The highest BCUT2D eigenvalue weighted by Gasteiger charge is 2.31. The number of hydrazine groups is 1. The van der Waals surface area contributed by atoms with Crippen molar-refractivity contribution in [3.8, 4) is 0 Å². The number of hydrogen-bond acceptors (Lipinski definition) is 3. The maximum absolute atomic E-state index is 9.61. The highest BCUT2D eigenvalue weighted by atomic mass is 16.3. The first-order valence-corrected chi connectivity index (χ1v) is 6.94. The summed E-state index contributed by atoms with van der Waals surface area (Å²) in [4.78, 5) is 0. The van der Waals surface area contributed by atoms with Gasteiger partial charge in [-0.05, 0) is 25.7 Å². The van der Waals surface area contributed by atoms with E-state index in [0.29, 0.717) is 6.61 Å². The first-order chi connectivity index (χ1) is 7.85. The second-order valence-corrected chi connectivity index (χ2v) is 5.60. The molecule has 2 N–H and O–H groups in total. The van der Waals surface area contributed by atoms with Crippen LogP contribution in [0, 0.1) is 5.41 Å². The number of aliphatic hydroxyl groups excluding tert-OH is 1. The SMILES string of the molecule is OCC1(CNN2CCCCC2)CCCCC1. The number of nitrogens with one attached hydrogen (secondary N) is 1. The molecule has 0 bridgehead atoms. The molecule has 1 saturated heterocycles. The van der Waals surface area contributed by atoms with Crippen molar-refractivity contribution in [2.75, 3.05) is 26.2 Å². The number of aliphatic hydroxyl groups is 1. The summed E-state index contributed by atoms with van der Waals surface area (Å²) < 4.78 is 0. The van der Waals surface area contributed by atoms with Crippen LogP contribution in [0.3, 0.4) is 0 Å². The minimum Gasteiger partial charge on any atom is -0.396 e. The van der Waals surface area contributed by atoms with E-state index >= 15 is 0 Å². The summed E-state index contributed by atoms with van der Waals surface area (Å²) in [5, 5.41) is 12.0. The fraction of sp³-hybridized carbons (Fsp3) is 1.00. The van der Waals surface area contributed by atoms with E-state index < -0.39 is 0 Å². The van der Waals surface area contributed by atoms with Crippen molar-refractivity contribution in [2.24, 2.45) is 5.41 Å². The van der Waals surface area contributed by atoms with E-state index in [0.717, 1.165) is 6.54 Å². The minimum atomic E-state index is 0.176. The minimum absolute atomic E-state index is 0.176. The van der Waals surface area contributed by atoms with Gasteiger partial charge in [-0.2, -0.15) is 0 Å². The quantitative estimate of drug-likeness (QED) is 0.769. The Bertz CT molecular complexity index is 196. The third kappa shape index (κ3) is 3.19. The number of nitrogens with zero attached hydrogens (tertiary/aromatic N) is 1. The summed E-state index contributed by atoms with van der Waals surface area (Å²) in [7, 11) is 0. The van der Waals surface area contributed by atoms with Gasteiger partial charge in [0, 0.05) is 31.7 Å². The molecule has 0 aromatic heterocycles. The van der Waals surface area contributed by atoms with E-state index in [1.165, 1.54) is 64.5 Å². The normalized spacial score (nSPS) is 26.8. The average Bonchev–Trinajstić information content (AvgIpc) is 2.39. The second kappa shape index (κ2) is 5.99. The summed E-state index contributed by atoms with van der Waals surface area (Å²) in [6, 6.07) is 0. The predicted molar refractivity (Wildman–Crippen MR) is 66.0 cm³/mol. The molecule has 1 heterocycles. The van der Waals surface area contributed by atoms with Gasteiger partial charge in [-0.3, -0.25) is 5.43 Å². The first kappa shape index (κ1) is 12.3. The van der Waals surface area contributed by atoms with Gasteiger partial charge in [-0.15, -0.1) is 0 Å². The van der Waals surface area contributed by atoms with Gasteiger partial charge in [-0.25, -0.2) is 5.01 Å². The second-order valence-electron chi connectivity index (χ2n) is 5.60. The van der Waals surface area contributed by atoms with Gasteiger partial charge in [0.1, 0.15) is 0 Å². The van der Waals surface area contributed by atoms with Crippen molar-refractivity contribution in [3.05, 3.63) is 0 Å². The largest absolute Gasteiger partial charge is 0.396 e. The van der Waals surface area contributed by atoms with Crippen LogP contribution >= 0.6 is 0 Å². The lowest BCUT2D eigenvalue weighted by molar-refractivity contribution is 0.0454. The monoisotopic (exact) mass is 226 g/mol. The summed E-state index contributed by atoms with van der Waals surface area (Å²) in [5.74, 6) is 0. The zero-order chi connectivity index (χ0) is 11.3. The van der Waals surface area contributed by atoms with Gasteiger partial charge < -0.3 is 5.11 Å². The fourth-order valence-electron chi connectivity index (χ4n) is 3.02. The zero-order valence-electron chi connectivity index (χ0n) is 10.4. The molecule has 2 rings (SSSR count). The van der Waals surface area contributed by atoms with Crippen LogP contribution in [0.25, 0.3) is 0 Å². The Morgan fingerprint density at radius 2 is 1.56 bits per heavy atom.